The summed E-state index contributed by atoms with van der Waals surface area (Å²) in [4.78, 5) is 19.8. The van der Waals surface area contributed by atoms with Gasteiger partial charge in [0.1, 0.15) is 6.29 Å². The van der Waals surface area contributed by atoms with Crippen molar-refractivity contribution in [3.63, 3.8) is 0 Å². The van der Waals surface area contributed by atoms with Gasteiger partial charge in [-0.1, -0.05) is 39.8 Å². The highest BCUT2D eigenvalue weighted by molar-refractivity contribution is 5.75. The maximum absolute atomic E-state index is 10.2. The predicted octanol–water partition coefficient (Wildman–Crippen LogP) is 3.46. The van der Waals surface area contributed by atoms with Gasteiger partial charge in [0.05, 0.1) is 4.92 Å². The van der Waals surface area contributed by atoms with Crippen molar-refractivity contribution in [2.24, 2.45) is 0 Å². The quantitative estimate of drug-likeness (QED) is 0.427. The minimum atomic E-state index is -0.535. The second kappa shape index (κ2) is 10.4. The molecule has 1 rings (SSSR count). The van der Waals surface area contributed by atoms with E-state index in [2.05, 4.69) is 0 Å². The molecule has 0 bridgehead atoms. The van der Waals surface area contributed by atoms with Gasteiger partial charge in [-0.3, -0.25) is 14.9 Å². The molecule has 0 unspecified atom stereocenters. The molecule has 1 aromatic rings. The van der Waals surface area contributed by atoms with E-state index in [-0.39, 0.29) is 5.69 Å². The molecule has 0 amide bonds. The van der Waals surface area contributed by atoms with Crippen molar-refractivity contribution in [1.29, 1.82) is 0 Å². The number of nitrogens with zero attached hydrogens (tertiary/aromatic N) is 1. The second-order valence-corrected chi connectivity index (χ2v) is 1.97. The summed E-state index contributed by atoms with van der Waals surface area (Å²) >= 11 is 0. The van der Waals surface area contributed by atoms with Crippen LogP contribution in [0.4, 0.5) is 5.69 Å². The molecule has 0 heterocycles. The largest absolute Gasteiger partial charge is 0.298 e. The molecule has 0 saturated heterocycles. The van der Waals surface area contributed by atoms with E-state index < -0.39 is 4.92 Å². The molecular weight excluding hydrogens is 194 g/mol. The molecular formula is C11H17NO3. The molecule has 0 radical (unpaired) electrons. The molecule has 1 aromatic carbocycles. The molecule has 0 saturated carbocycles. The fourth-order valence-electron chi connectivity index (χ4n) is 0.712. The van der Waals surface area contributed by atoms with Crippen molar-refractivity contribution in [3.8, 4) is 0 Å². The van der Waals surface area contributed by atoms with Crippen LogP contribution in [0.25, 0.3) is 0 Å². The Hall–Kier alpha value is -1.71. The molecule has 0 aliphatic carbocycles. The van der Waals surface area contributed by atoms with Crippen molar-refractivity contribution < 1.29 is 9.72 Å². The summed E-state index contributed by atoms with van der Waals surface area (Å²) in [6, 6.07) is 5.56. The maximum atomic E-state index is 10.2. The van der Waals surface area contributed by atoms with Crippen LogP contribution in [-0.2, 0) is 0 Å². The van der Waals surface area contributed by atoms with Crippen LogP contribution in [0, 0.1) is 10.1 Å². The Morgan fingerprint density at radius 2 is 1.73 bits per heavy atom. The number of hydrogen-bond donors (Lipinski definition) is 0. The zero-order chi connectivity index (χ0) is 12.3. The van der Waals surface area contributed by atoms with E-state index in [4.69, 9.17) is 0 Å². The van der Waals surface area contributed by atoms with Crippen molar-refractivity contribution in [2.75, 3.05) is 0 Å². The third-order valence-corrected chi connectivity index (χ3v) is 1.22. The van der Waals surface area contributed by atoms with Crippen LogP contribution in [0.1, 0.15) is 38.1 Å². The first-order chi connectivity index (χ1) is 7.24. The zero-order valence-electron chi connectivity index (χ0n) is 9.56. The van der Waals surface area contributed by atoms with Crippen LogP contribution >= 0.6 is 0 Å². The van der Waals surface area contributed by atoms with Gasteiger partial charge in [0.25, 0.3) is 5.69 Å². The van der Waals surface area contributed by atoms with Gasteiger partial charge in [0, 0.05) is 17.7 Å². The molecule has 0 spiro atoms. The van der Waals surface area contributed by atoms with Gasteiger partial charge in [-0.25, -0.2) is 0 Å². The Balaban J connectivity index is 0. The van der Waals surface area contributed by atoms with E-state index in [1.54, 1.807) is 0 Å². The molecule has 0 fully saturated rings. The van der Waals surface area contributed by atoms with Crippen molar-refractivity contribution in [2.45, 2.75) is 27.7 Å². The van der Waals surface area contributed by atoms with Crippen molar-refractivity contribution >= 4 is 12.0 Å². The number of carbonyl (C=O) groups excluding carboxylic acids is 1. The Kier molecular flexibility index (Phi) is 10.9. The monoisotopic (exact) mass is 211 g/mol. The maximum Gasteiger partial charge on any atom is 0.270 e. The third kappa shape index (κ3) is 6.37. The Labute approximate surface area is 90.1 Å². The summed E-state index contributed by atoms with van der Waals surface area (Å²) in [5.41, 5.74) is 0.258. The minimum Gasteiger partial charge on any atom is -0.298 e. The van der Waals surface area contributed by atoms with Crippen LogP contribution in [0.15, 0.2) is 24.3 Å². The van der Waals surface area contributed by atoms with Crippen LogP contribution in [-0.4, -0.2) is 11.2 Å². The summed E-state index contributed by atoms with van der Waals surface area (Å²) in [6.45, 7) is 8.00. The van der Waals surface area contributed by atoms with Gasteiger partial charge in [-0.2, -0.15) is 0 Å². The van der Waals surface area contributed by atoms with Crippen LogP contribution in [0.2, 0.25) is 0 Å². The highest BCUT2D eigenvalue weighted by atomic mass is 16.6. The Morgan fingerprint density at radius 3 is 2.13 bits per heavy atom. The molecule has 0 aromatic heterocycles. The predicted molar refractivity (Wildman–Crippen MR) is 61.2 cm³/mol. The van der Waals surface area contributed by atoms with E-state index >= 15 is 0 Å². The van der Waals surface area contributed by atoms with E-state index in [1.807, 2.05) is 27.7 Å². The number of benzene rings is 1. The summed E-state index contributed by atoms with van der Waals surface area (Å²) in [5, 5.41) is 10.2. The summed E-state index contributed by atoms with van der Waals surface area (Å²) in [7, 11) is 0. The highest BCUT2D eigenvalue weighted by Gasteiger charge is 2.03. The molecule has 84 valence electrons. The number of carbonyl (C=O) groups is 1. The van der Waals surface area contributed by atoms with Crippen LogP contribution in [0.3, 0.4) is 0 Å². The Bertz CT molecular complexity index is 298. The fraction of sp³-hybridized carbons (Fsp3) is 0.364. The number of rotatable bonds is 2. The number of aldehydes is 1. The van der Waals surface area contributed by atoms with Gasteiger partial charge >= 0.3 is 0 Å². The van der Waals surface area contributed by atoms with E-state index in [0.717, 1.165) is 0 Å². The molecule has 0 atom stereocenters. The average molecular weight is 211 g/mol. The molecule has 0 aliphatic heterocycles. The lowest BCUT2D eigenvalue weighted by Crippen LogP contribution is -1.88. The topological polar surface area (TPSA) is 60.2 Å². The first kappa shape index (κ1) is 15.7. The molecule has 4 heteroatoms. The summed E-state index contributed by atoms with van der Waals surface area (Å²) in [5.74, 6) is 0. The van der Waals surface area contributed by atoms with Gasteiger partial charge in [-0.05, 0) is 0 Å². The number of nitro benzene ring substituents is 1. The van der Waals surface area contributed by atoms with Crippen LogP contribution in [0.5, 0.6) is 0 Å². The normalized spacial score (nSPS) is 7.47. The van der Waals surface area contributed by atoms with E-state index in [0.29, 0.717) is 11.8 Å². The lowest BCUT2D eigenvalue weighted by molar-refractivity contribution is -0.384. The van der Waals surface area contributed by atoms with E-state index in [9.17, 15) is 14.9 Å². The first-order valence-electron chi connectivity index (χ1n) is 4.93. The minimum absolute atomic E-state index is 0.0606. The van der Waals surface area contributed by atoms with Gasteiger partial charge in [0.2, 0.25) is 0 Å². The standard InChI is InChI=1S/C7H5NO3.2C2H6/c9-5-6-2-1-3-7(4-6)8(10)11;2*1-2/h1-5H;2*1-2H3. The number of nitro groups is 1. The van der Waals surface area contributed by atoms with Crippen molar-refractivity contribution in [1.82, 2.24) is 0 Å². The molecule has 15 heavy (non-hydrogen) atoms. The Morgan fingerprint density at radius 1 is 1.20 bits per heavy atom. The molecule has 4 nitrogen and oxygen atoms in total. The molecule has 0 N–H and O–H groups in total. The lowest BCUT2D eigenvalue weighted by Gasteiger charge is -1.90. The number of non-ortho nitro benzene ring substituents is 1. The average Bonchev–Trinajstić information content (AvgIpc) is 2.34. The molecule has 0 aliphatic rings. The summed E-state index contributed by atoms with van der Waals surface area (Å²) < 4.78 is 0. The smallest absolute Gasteiger partial charge is 0.270 e. The zero-order valence-corrected chi connectivity index (χ0v) is 9.56. The summed E-state index contributed by atoms with van der Waals surface area (Å²) in [6.07, 6.45) is 0.576. The fourth-order valence-corrected chi connectivity index (χ4v) is 0.712. The highest BCUT2D eigenvalue weighted by Crippen LogP contribution is 2.10. The third-order valence-electron chi connectivity index (χ3n) is 1.22. The SMILES string of the molecule is CC.CC.O=Cc1cccc([N+](=O)[O-])c1. The van der Waals surface area contributed by atoms with Gasteiger partial charge in [-0.15, -0.1) is 0 Å². The van der Waals surface area contributed by atoms with Crippen LogP contribution < -0.4 is 0 Å². The van der Waals surface area contributed by atoms with Gasteiger partial charge in [0.15, 0.2) is 0 Å². The number of hydrogen-bond acceptors (Lipinski definition) is 3. The van der Waals surface area contributed by atoms with Crippen molar-refractivity contribution in [3.05, 3.63) is 39.9 Å². The van der Waals surface area contributed by atoms with Gasteiger partial charge < -0.3 is 0 Å². The second-order valence-electron chi connectivity index (χ2n) is 1.97. The lowest BCUT2D eigenvalue weighted by atomic mass is 10.2. The van der Waals surface area contributed by atoms with E-state index in [1.165, 1.54) is 24.3 Å². The first-order valence-corrected chi connectivity index (χ1v) is 4.93.